The third-order valence-corrected chi connectivity index (χ3v) is 4.00. The summed E-state index contributed by atoms with van der Waals surface area (Å²) in [6.45, 7) is 1.30. The first-order valence-electron chi connectivity index (χ1n) is 8.57. The van der Waals surface area contributed by atoms with Crippen LogP contribution in [-0.4, -0.2) is 39.2 Å². The van der Waals surface area contributed by atoms with Crippen LogP contribution in [0.3, 0.4) is 0 Å². The molecule has 1 aliphatic heterocycles. The minimum absolute atomic E-state index is 0.0633. The predicted molar refractivity (Wildman–Crippen MR) is 104 cm³/mol. The highest BCUT2D eigenvalue weighted by molar-refractivity contribution is 6.13. The van der Waals surface area contributed by atoms with E-state index in [1.807, 2.05) is 0 Å². The fraction of sp³-hybridized carbons (Fsp3) is 0.190. The molecule has 0 atom stereocenters. The number of ether oxygens (including phenoxy) is 5. The van der Waals surface area contributed by atoms with Crippen molar-refractivity contribution in [2.75, 3.05) is 21.3 Å². The Hall–Kier alpha value is -3.81. The first kappa shape index (κ1) is 19.9. The molecule has 0 bridgehead atoms. The van der Waals surface area contributed by atoms with Gasteiger partial charge in [-0.05, 0) is 24.3 Å². The predicted octanol–water partition coefficient (Wildman–Crippen LogP) is 2.98. The van der Waals surface area contributed by atoms with Gasteiger partial charge in [0.05, 0.1) is 21.3 Å². The zero-order valence-corrected chi connectivity index (χ0v) is 16.3. The van der Waals surface area contributed by atoms with Gasteiger partial charge >= 0.3 is 11.9 Å². The lowest BCUT2D eigenvalue weighted by atomic mass is 10.1. The SMILES string of the molecule is COc1cc(C2=NC(=Cc3ccccc3OC(C)=O)C(=O)O2)cc(OC)c1OC. The van der Waals surface area contributed by atoms with Gasteiger partial charge in [-0.3, -0.25) is 4.79 Å². The monoisotopic (exact) mass is 397 g/mol. The topological polar surface area (TPSA) is 92.7 Å². The summed E-state index contributed by atoms with van der Waals surface area (Å²) in [7, 11) is 4.47. The molecule has 0 spiro atoms. The molecule has 0 fully saturated rings. The molecule has 0 saturated heterocycles. The van der Waals surface area contributed by atoms with E-state index in [1.54, 1.807) is 36.4 Å². The minimum atomic E-state index is -0.633. The molecule has 0 aromatic heterocycles. The second-order valence-electron chi connectivity index (χ2n) is 5.88. The van der Waals surface area contributed by atoms with Crippen LogP contribution < -0.4 is 18.9 Å². The van der Waals surface area contributed by atoms with E-state index in [1.165, 1.54) is 34.3 Å². The van der Waals surface area contributed by atoms with Crippen LogP contribution in [0.5, 0.6) is 23.0 Å². The largest absolute Gasteiger partial charge is 0.493 e. The van der Waals surface area contributed by atoms with Gasteiger partial charge in [0, 0.05) is 18.1 Å². The average Bonchev–Trinajstić information content (AvgIpc) is 3.08. The quantitative estimate of drug-likeness (QED) is 0.420. The Morgan fingerprint density at radius 2 is 1.66 bits per heavy atom. The smallest absolute Gasteiger partial charge is 0.363 e. The Labute approximate surface area is 167 Å². The minimum Gasteiger partial charge on any atom is -0.493 e. The average molecular weight is 397 g/mol. The molecule has 0 unspecified atom stereocenters. The van der Waals surface area contributed by atoms with Gasteiger partial charge in [-0.1, -0.05) is 18.2 Å². The van der Waals surface area contributed by atoms with Gasteiger partial charge in [0.25, 0.3) is 0 Å². The maximum Gasteiger partial charge on any atom is 0.363 e. The van der Waals surface area contributed by atoms with E-state index in [0.29, 0.717) is 34.1 Å². The van der Waals surface area contributed by atoms with E-state index in [9.17, 15) is 9.59 Å². The third kappa shape index (κ3) is 4.21. The van der Waals surface area contributed by atoms with Crippen LogP contribution in [0.2, 0.25) is 0 Å². The number of para-hydroxylation sites is 1. The molecule has 29 heavy (non-hydrogen) atoms. The Morgan fingerprint density at radius 1 is 1.00 bits per heavy atom. The standard InChI is InChI=1S/C21H19NO7/c1-12(23)28-16-8-6-5-7-13(16)9-15-21(24)29-20(22-15)14-10-17(25-2)19(27-4)18(11-14)26-3/h5-11H,1-4H3. The van der Waals surface area contributed by atoms with E-state index >= 15 is 0 Å². The van der Waals surface area contributed by atoms with E-state index in [-0.39, 0.29) is 11.6 Å². The van der Waals surface area contributed by atoms with Crippen LogP contribution in [0.15, 0.2) is 47.1 Å². The zero-order valence-electron chi connectivity index (χ0n) is 16.3. The molecule has 2 aromatic rings. The molecule has 8 heteroatoms. The van der Waals surface area contributed by atoms with Gasteiger partial charge in [-0.25, -0.2) is 9.79 Å². The zero-order chi connectivity index (χ0) is 21.0. The maximum atomic E-state index is 12.3. The molecule has 150 valence electrons. The fourth-order valence-corrected chi connectivity index (χ4v) is 2.73. The number of hydrogen-bond donors (Lipinski definition) is 0. The summed E-state index contributed by atoms with van der Waals surface area (Å²) in [4.78, 5) is 27.9. The van der Waals surface area contributed by atoms with Crippen molar-refractivity contribution in [3.8, 4) is 23.0 Å². The molecule has 8 nitrogen and oxygen atoms in total. The molecule has 1 heterocycles. The number of aliphatic imine (C=N–C) groups is 1. The fourth-order valence-electron chi connectivity index (χ4n) is 2.73. The summed E-state index contributed by atoms with van der Waals surface area (Å²) in [5, 5.41) is 0. The van der Waals surface area contributed by atoms with Crippen LogP contribution >= 0.6 is 0 Å². The first-order valence-corrected chi connectivity index (χ1v) is 8.57. The number of rotatable bonds is 6. The van der Waals surface area contributed by atoms with Crippen molar-refractivity contribution in [2.24, 2.45) is 4.99 Å². The first-order chi connectivity index (χ1) is 14.0. The van der Waals surface area contributed by atoms with E-state index in [2.05, 4.69) is 4.99 Å². The number of nitrogens with zero attached hydrogens (tertiary/aromatic N) is 1. The van der Waals surface area contributed by atoms with Crippen molar-refractivity contribution >= 4 is 23.9 Å². The number of carbonyl (C=O) groups is 2. The normalized spacial score (nSPS) is 14.3. The number of benzene rings is 2. The second kappa shape index (κ2) is 8.47. The van der Waals surface area contributed by atoms with E-state index in [0.717, 1.165) is 0 Å². The maximum absolute atomic E-state index is 12.3. The van der Waals surface area contributed by atoms with E-state index < -0.39 is 11.9 Å². The number of esters is 2. The van der Waals surface area contributed by atoms with Crippen molar-refractivity contribution in [1.82, 2.24) is 0 Å². The highest BCUT2D eigenvalue weighted by atomic mass is 16.6. The molecule has 1 aliphatic rings. The molecule has 2 aromatic carbocycles. The molecular formula is C21H19NO7. The van der Waals surface area contributed by atoms with Crippen molar-refractivity contribution in [2.45, 2.75) is 6.92 Å². The Balaban J connectivity index is 2.01. The van der Waals surface area contributed by atoms with Crippen LogP contribution in [0.1, 0.15) is 18.1 Å². The van der Waals surface area contributed by atoms with Crippen molar-refractivity contribution < 1.29 is 33.3 Å². The van der Waals surface area contributed by atoms with Gasteiger partial charge in [-0.15, -0.1) is 0 Å². The van der Waals surface area contributed by atoms with Crippen molar-refractivity contribution in [3.05, 3.63) is 53.2 Å². The van der Waals surface area contributed by atoms with Gasteiger partial charge in [0.15, 0.2) is 17.2 Å². The van der Waals surface area contributed by atoms with Crippen LogP contribution in [0.25, 0.3) is 6.08 Å². The lowest BCUT2D eigenvalue weighted by Crippen LogP contribution is -2.07. The molecule has 0 N–H and O–H groups in total. The molecule has 0 amide bonds. The van der Waals surface area contributed by atoms with Crippen LogP contribution in [0.4, 0.5) is 0 Å². The van der Waals surface area contributed by atoms with Gasteiger partial charge < -0.3 is 23.7 Å². The van der Waals surface area contributed by atoms with Gasteiger partial charge in [-0.2, -0.15) is 0 Å². The molecular weight excluding hydrogens is 378 g/mol. The Kier molecular flexibility index (Phi) is 5.82. The molecule has 0 radical (unpaired) electrons. The molecule has 3 rings (SSSR count). The lowest BCUT2D eigenvalue weighted by Gasteiger charge is -2.13. The second-order valence-corrected chi connectivity index (χ2v) is 5.88. The highest BCUT2D eigenvalue weighted by Crippen LogP contribution is 2.39. The summed E-state index contributed by atoms with van der Waals surface area (Å²) in [5.74, 6) is 0.520. The summed E-state index contributed by atoms with van der Waals surface area (Å²) >= 11 is 0. The molecule has 0 aliphatic carbocycles. The highest BCUT2D eigenvalue weighted by Gasteiger charge is 2.27. The van der Waals surface area contributed by atoms with Crippen molar-refractivity contribution in [1.29, 1.82) is 0 Å². The number of cyclic esters (lactones) is 1. The summed E-state index contributed by atoms with van der Waals surface area (Å²) < 4.78 is 26.4. The van der Waals surface area contributed by atoms with Crippen molar-refractivity contribution in [3.63, 3.8) is 0 Å². The summed E-state index contributed by atoms with van der Waals surface area (Å²) in [6, 6.07) is 10.1. The number of methoxy groups -OCH3 is 3. The Morgan fingerprint density at radius 3 is 2.24 bits per heavy atom. The van der Waals surface area contributed by atoms with Crippen LogP contribution in [0, 0.1) is 0 Å². The summed E-state index contributed by atoms with van der Waals surface area (Å²) in [5.41, 5.74) is 1.06. The third-order valence-electron chi connectivity index (χ3n) is 4.00. The number of hydrogen-bond acceptors (Lipinski definition) is 8. The van der Waals surface area contributed by atoms with Gasteiger partial charge in [0.2, 0.25) is 11.6 Å². The number of carbonyl (C=O) groups excluding carboxylic acids is 2. The van der Waals surface area contributed by atoms with E-state index in [4.69, 9.17) is 23.7 Å². The Bertz CT molecular complexity index is 998. The van der Waals surface area contributed by atoms with Gasteiger partial charge in [0.1, 0.15) is 5.75 Å². The lowest BCUT2D eigenvalue weighted by molar-refractivity contribution is -0.132. The summed E-state index contributed by atoms with van der Waals surface area (Å²) in [6.07, 6.45) is 1.49. The molecule has 0 saturated carbocycles. The van der Waals surface area contributed by atoms with Crippen LogP contribution in [-0.2, 0) is 14.3 Å².